The minimum atomic E-state index is -4.41. The molecule has 1 saturated heterocycles. The maximum atomic E-state index is 12.6. The average molecular weight is 307 g/mol. The Bertz CT molecular complexity index is 500. The van der Waals surface area contributed by atoms with Gasteiger partial charge in [0, 0.05) is 18.8 Å². The van der Waals surface area contributed by atoms with Crippen LogP contribution >= 0.6 is 11.6 Å². The van der Waals surface area contributed by atoms with Gasteiger partial charge in [0.2, 0.25) is 0 Å². The van der Waals surface area contributed by atoms with E-state index in [-0.39, 0.29) is 16.5 Å². The number of pyridine rings is 1. The van der Waals surface area contributed by atoms with E-state index in [1.165, 1.54) is 0 Å². The van der Waals surface area contributed by atoms with Gasteiger partial charge in [-0.2, -0.15) is 13.2 Å². The van der Waals surface area contributed by atoms with Crippen molar-refractivity contribution < 1.29 is 13.2 Å². The van der Waals surface area contributed by atoms with Crippen LogP contribution in [-0.2, 0) is 6.18 Å². The van der Waals surface area contributed by atoms with E-state index in [1.807, 2.05) is 4.90 Å². The van der Waals surface area contributed by atoms with Gasteiger partial charge >= 0.3 is 6.18 Å². The van der Waals surface area contributed by atoms with E-state index in [0.29, 0.717) is 5.82 Å². The summed E-state index contributed by atoms with van der Waals surface area (Å²) in [4.78, 5) is 5.94. The van der Waals surface area contributed by atoms with Gasteiger partial charge < -0.3 is 4.90 Å². The summed E-state index contributed by atoms with van der Waals surface area (Å²) in [5, 5.41) is 0.0661. The third-order valence-electron chi connectivity index (χ3n) is 4.25. The molecule has 0 amide bonds. The van der Waals surface area contributed by atoms with E-state index in [4.69, 9.17) is 11.6 Å². The van der Waals surface area contributed by atoms with Crippen LogP contribution in [-0.4, -0.2) is 17.6 Å². The Labute approximate surface area is 121 Å². The van der Waals surface area contributed by atoms with E-state index >= 15 is 0 Å². The molecule has 6 heteroatoms. The number of alkyl halides is 3. The molecule has 0 aliphatic carbocycles. The van der Waals surface area contributed by atoms with Crippen LogP contribution in [0.1, 0.15) is 39.2 Å². The van der Waals surface area contributed by atoms with Gasteiger partial charge in [-0.15, -0.1) is 0 Å². The normalized spacial score (nSPS) is 19.9. The van der Waals surface area contributed by atoms with Crippen LogP contribution in [0.5, 0.6) is 0 Å². The second kappa shape index (κ2) is 5.10. The van der Waals surface area contributed by atoms with Gasteiger partial charge in [-0.05, 0) is 24.3 Å². The minimum Gasteiger partial charge on any atom is -0.352 e. The summed E-state index contributed by atoms with van der Waals surface area (Å²) >= 11 is 6.00. The predicted molar refractivity (Wildman–Crippen MR) is 74.1 cm³/mol. The summed E-state index contributed by atoms with van der Waals surface area (Å²) in [7, 11) is 0. The first kappa shape index (κ1) is 15.4. The van der Waals surface area contributed by atoms with Crippen molar-refractivity contribution in [3.63, 3.8) is 0 Å². The summed E-state index contributed by atoms with van der Waals surface area (Å²) in [6.07, 6.45) is -1.55. The van der Waals surface area contributed by atoms with Crippen LogP contribution in [0.15, 0.2) is 12.3 Å². The van der Waals surface area contributed by atoms with E-state index < -0.39 is 11.7 Å². The molecule has 1 aliphatic rings. The second-order valence-corrected chi connectivity index (χ2v) is 6.27. The van der Waals surface area contributed by atoms with Gasteiger partial charge in [0.1, 0.15) is 5.82 Å². The van der Waals surface area contributed by atoms with E-state index in [0.717, 1.165) is 31.6 Å². The number of hydrogen-bond donors (Lipinski definition) is 0. The molecule has 0 radical (unpaired) electrons. The van der Waals surface area contributed by atoms with Crippen LogP contribution in [0, 0.1) is 5.41 Å². The highest BCUT2D eigenvalue weighted by Crippen LogP contribution is 2.42. The Hall–Kier alpha value is -0.970. The Morgan fingerprint density at radius 1 is 1.40 bits per heavy atom. The quantitative estimate of drug-likeness (QED) is 0.799. The number of halogens is 4. The molecule has 20 heavy (non-hydrogen) atoms. The van der Waals surface area contributed by atoms with Crippen molar-refractivity contribution in [1.82, 2.24) is 4.98 Å². The first-order valence-electron chi connectivity index (χ1n) is 6.66. The second-order valence-electron chi connectivity index (χ2n) is 5.87. The van der Waals surface area contributed by atoms with Crippen molar-refractivity contribution in [2.75, 3.05) is 11.4 Å². The Morgan fingerprint density at radius 3 is 2.45 bits per heavy atom. The predicted octanol–water partition coefficient (Wildman–Crippen LogP) is 4.77. The van der Waals surface area contributed by atoms with Crippen LogP contribution in [0.25, 0.3) is 0 Å². The third-order valence-corrected chi connectivity index (χ3v) is 4.53. The molecular formula is C14H18ClF3N2. The van der Waals surface area contributed by atoms with Gasteiger partial charge in [0.15, 0.2) is 0 Å². The molecule has 1 unspecified atom stereocenters. The summed E-state index contributed by atoms with van der Waals surface area (Å²) in [6, 6.07) is 1.23. The first-order valence-corrected chi connectivity index (χ1v) is 7.04. The van der Waals surface area contributed by atoms with Crippen molar-refractivity contribution >= 4 is 17.4 Å². The molecular weight excluding hydrogens is 289 g/mol. The van der Waals surface area contributed by atoms with Gasteiger partial charge in [-0.3, -0.25) is 0 Å². The largest absolute Gasteiger partial charge is 0.417 e. The van der Waals surface area contributed by atoms with Crippen molar-refractivity contribution in [2.45, 2.75) is 45.8 Å². The lowest BCUT2D eigenvalue weighted by Crippen LogP contribution is -2.55. The van der Waals surface area contributed by atoms with Gasteiger partial charge in [0.25, 0.3) is 0 Å². The lowest BCUT2D eigenvalue weighted by molar-refractivity contribution is -0.137. The van der Waals surface area contributed by atoms with E-state index in [9.17, 15) is 13.2 Å². The zero-order valence-electron chi connectivity index (χ0n) is 11.8. The summed E-state index contributed by atoms with van der Waals surface area (Å²) < 4.78 is 37.8. The molecule has 2 rings (SSSR count). The molecule has 2 heterocycles. The minimum absolute atomic E-state index is 0.0661. The fourth-order valence-corrected chi connectivity index (χ4v) is 2.76. The Kier molecular flexibility index (Phi) is 3.93. The van der Waals surface area contributed by atoms with Gasteiger partial charge in [-0.1, -0.05) is 32.4 Å². The lowest BCUT2D eigenvalue weighted by Gasteiger charge is -2.50. The van der Waals surface area contributed by atoms with Crippen LogP contribution in [0.4, 0.5) is 19.0 Å². The molecule has 0 N–H and O–H groups in total. The van der Waals surface area contributed by atoms with Crippen molar-refractivity contribution in [2.24, 2.45) is 5.41 Å². The summed E-state index contributed by atoms with van der Waals surface area (Å²) in [6.45, 7) is 7.20. The molecule has 1 fully saturated rings. The molecule has 0 aromatic carbocycles. The molecule has 1 atom stereocenters. The number of nitrogens with zero attached hydrogens (tertiary/aromatic N) is 2. The number of rotatable bonds is 3. The molecule has 1 aromatic rings. The Morgan fingerprint density at radius 2 is 2.05 bits per heavy atom. The molecule has 0 saturated carbocycles. The standard InChI is InChI=1S/C14H18ClF3N2/c1-4-13(2,3)11-5-6-20(11)12-10(15)7-9(8-19-12)14(16,17)18/h7-8,11H,4-6H2,1-3H3. The maximum absolute atomic E-state index is 12.6. The SMILES string of the molecule is CCC(C)(C)C1CCN1c1ncc(C(F)(F)F)cc1Cl. The molecule has 0 spiro atoms. The zero-order chi connectivity index (χ0) is 15.1. The highest BCUT2D eigenvalue weighted by Gasteiger charge is 2.41. The third kappa shape index (κ3) is 2.73. The fourth-order valence-electron chi connectivity index (χ4n) is 2.49. The van der Waals surface area contributed by atoms with Crippen LogP contribution in [0.2, 0.25) is 5.02 Å². The van der Waals surface area contributed by atoms with E-state index in [1.54, 1.807) is 0 Å². The topological polar surface area (TPSA) is 16.1 Å². The summed E-state index contributed by atoms with van der Waals surface area (Å²) in [5.41, 5.74) is -0.718. The molecule has 0 bridgehead atoms. The molecule has 1 aliphatic heterocycles. The Balaban J connectivity index is 2.27. The van der Waals surface area contributed by atoms with Gasteiger partial charge in [0.05, 0.1) is 10.6 Å². The fraction of sp³-hybridized carbons (Fsp3) is 0.643. The number of anilines is 1. The van der Waals surface area contributed by atoms with Gasteiger partial charge in [-0.25, -0.2) is 4.98 Å². The van der Waals surface area contributed by atoms with Crippen molar-refractivity contribution in [3.05, 3.63) is 22.8 Å². The summed E-state index contributed by atoms with van der Waals surface area (Å²) in [5.74, 6) is 0.456. The maximum Gasteiger partial charge on any atom is 0.417 e. The number of hydrogen-bond acceptors (Lipinski definition) is 2. The van der Waals surface area contributed by atoms with Crippen molar-refractivity contribution in [1.29, 1.82) is 0 Å². The molecule has 112 valence electrons. The lowest BCUT2D eigenvalue weighted by atomic mass is 9.75. The first-order chi connectivity index (χ1) is 9.16. The highest BCUT2D eigenvalue weighted by molar-refractivity contribution is 6.33. The zero-order valence-corrected chi connectivity index (χ0v) is 12.5. The van der Waals surface area contributed by atoms with Crippen molar-refractivity contribution in [3.8, 4) is 0 Å². The van der Waals surface area contributed by atoms with Crippen LogP contribution in [0.3, 0.4) is 0 Å². The van der Waals surface area contributed by atoms with Crippen LogP contribution < -0.4 is 4.90 Å². The highest BCUT2D eigenvalue weighted by atomic mass is 35.5. The smallest absolute Gasteiger partial charge is 0.352 e. The average Bonchev–Trinajstić information content (AvgIpc) is 2.28. The monoisotopic (exact) mass is 306 g/mol. The number of aromatic nitrogens is 1. The van der Waals surface area contributed by atoms with E-state index in [2.05, 4.69) is 25.8 Å². The molecule has 2 nitrogen and oxygen atoms in total. The molecule has 1 aromatic heterocycles.